The first-order chi connectivity index (χ1) is 9.13. The summed E-state index contributed by atoms with van der Waals surface area (Å²) in [7, 11) is 0. The van der Waals surface area contributed by atoms with Crippen LogP contribution in [0.1, 0.15) is 25.3 Å². The summed E-state index contributed by atoms with van der Waals surface area (Å²) in [5.74, 6) is -0.217. The first-order valence-corrected chi connectivity index (χ1v) is 5.98. The second-order valence-electron chi connectivity index (χ2n) is 3.83. The Morgan fingerprint density at radius 3 is 2.74 bits per heavy atom. The van der Waals surface area contributed by atoms with E-state index in [2.05, 4.69) is 10.2 Å². The summed E-state index contributed by atoms with van der Waals surface area (Å²) < 4.78 is 0. The van der Waals surface area contributed by atoms with Gasteiger partial charge in [-0.25, -0.2) is 15.1 Å². The lowest BCUT2D eigenvalue weighted by molar-refractivity contribution is -0.485. The average molecular weight is 263 g/mol. The Kier molecular flexibility index (Phi) is 6.00. The molecule has 1 aromatic rings. The molecule has 0 aliphatic carbocycles. The van der Waals surface area contributed by atoms with Gasteiger partial charge in [0.15, 0.2) is 5.03 Å². The van der Waals surface area contributed by atoms with Crippen LogP contribution in [-0.4, -0.2) is 28.8 Å². The minimum atomic E-state index is -0.827. The summed E-state index contributed by atoms with van der Waals surface area (Å²) >= 11 is 0. The number of benzene rings is 1. The van der Waals surface area contributed by atoms with Crippen molar-refractivity contribution in [3.8, 4) is 0 Å². The highest BCUT2D eigenvalue weighted by molar-refractivity contribution is 5.82. The van der Waals surface area contributed by atoms with Gasteiger partial charge in [-0.05, 0) is 12.0 Å². The van der Waals surface area contributed by atoms with Gasteiger partial charge in [0.25, 0.3) is 5.96 Å². The van der Waals surface area contributed by atoms with Crippen LogP contribution in [0, 0.1) is 10.1 Å². The largest absolute Gasteiger partial charge is 0.363 e. The van der Waals surface area contributed by atoms with Crippen molar-refractivity contribution in [2.24, 2.45) is 15.9 Å². The molecule has 0 spiro atoms. The van der Waals surface area contributed by atoms with E-state index in [0.717, 1.165) is 18.4 Å². The number of unbranched alkanes of at least 4 members (excludes halogenated alkanes) is 1. The monoisotopic (exact) mass is 263 g/mol. The fourth-order valence-corrected chi connectivity index (χ4v) is 1.35. The molecule has 0 heterocycles. The molecule has 0 aliphatic heterocycles. The number of hydrazone groups is 2. The molecule has 0 unspecified atom stereocenters. The Balaban J connectivity index is 2.80. The molecule has 0 fully saturated rings. The summed E-state index contributed by atoms with van der Waals surface area (Å²) in [6.07, 6.45) is 3.35. The van der Waals surface area contributed by atoms with Crippen LogP contribution in [0.5, 0.6) is 0 Å². The van der Waals surface area contributed by atoms with Crippen LogP contribution >= 0.6 is 0 Å². The first kappa shape index (κ1) is 14.6. The summed E-state index contributed by atoms with van der Waals surface area (Å²) in [6.45, 7) is 2.50. The predicted molar refractivity (Wildman–Crippen MR) is 74.3 cm³/mol. The zero-order valence-electron chi connectivity index (χ0n) is 10.8. The molecule has 1 aromatic carbocycles. The van der Waals surface area contributed by atoms with E-state index >= 15 is 0 Å². The Bertz CT molecular complexity index is 458. The maximum absolute atomic E-state index is 10.3. The zero-order valence-corrected chi connectivity index (χ0v) is 10.8. The highest BCUT2D eigenvalue weighted by atomic mass is 16.7. The third-order valence-electron chi connectivity index (χ3n) is 2.32. The molecule has 2 N–H and O–H groups in total. The number of nitro groups is 1. The normalized spacial score (nSPS) is 11.7. The molecule has 0 aliphatic rings. The average Bonchev–Trinajstić information content (AvgIpc) is 2.39. The van der Waals surface area contributed by atoms with Crippen molar-refractivity contribution in [3.63, 3.8) is 0 Å². The molecule has 0 saturated carbocycles. The van der Waals surface area contributed by atoms with Gasteiger partial charge < -0.3 is 5.73 Å². The molecule has 0 bridgehead atoms. The van der Waals surface area contributed by atoms with Gasteiger partial charge in [0.2, 0.25) is 0 Å². The quantitative estimate of drug-likeness (QED) is 0.365. The van der Waals surface area contributed by atoms with E-state index < -0.39 is 5.03 Å². The predicted octanol–water partition coefficient (Wildman–Crippen LogP) is 1.63. The van der Waals surface area contributed by atoms with Crippen molar-refractivity contribution in [2.75, 3.05) is 6.54 Å². The molecule has 0 amide bonds. The van der Waals surface area contributed by atoms with Crippen LogP contribution in [-0.2, 0) is 0 Å². The van der Waals surface area contributed by atoms with Gasteiger partial charge in [0, 0.05) is 6.54 Å². The van der Waals surface area contributed by atoms with E-state index in [9.17, 15) is 10.1 Å². The van der Waals surface area contributed by atoms with Crippen LogP contribution in [0.2, 0.25) is 0 Å². The lowest BCUT2D eigenvalue weighted by Gasteiger charge is -2.14. The Morgan fingerprint density at radius 1 is 1.47 bits per heavy atom. The Hall–Kier alpha value is -2.44. The van der Waals surface area contributed by atoms with E-state index in [1.807, 2.05) is 37.3 Å². The van der Waals surface area contributed by atoms with Gasteiger partial charge >= 0.3 is 0 Å². The molecule has 0 atom stereocenters. The van der Waals surface area contributed by atoms with Crippen LogP contribution < -0.4 is 5.73 Å². The number of hydrogen-bond acceptors (Lipinski definition) is 3. The third kappa shape index (κ3) is 5.62. The fourth-order valence-electron chi connectivity index (χ4n) is 1.35. The van der Waals surface area contributed by atoms with Crippen LogP contribution in [0.4, 0.5) is 0 Å². The maximum Gasteiger partial charge on any atom is 0.289 e. The minimum absolute atomic E-state index is 0.217. The van der Waals surface area contributed by atoms with E-state index in [4.69, 9.17) is 5.73 Å². The standard InChI is InChI=1S/C12H17N5O2/c1-2-3-9-16(12(13)15-17(18)19)14-10-11-7-5-4-6-8-11/h4-8,10H,2-3,9H2,1H3,(H2,13,15)/b14-10+. The molecule has 7 heteroatoms. The second kappa shape index (κ2) is 7.80. The van der Waals surface area contributed by atoms with Crippen molar-refractivity contribution >= 4 is 12.2 Å². The molecular formula is C12H17N5O2. The van der Waals surface area contributed by atoms with Crippen LogP contribution in [0.3, 0.4) is 0 Å². The number of hydrogen-bond donors (Lipinski definition) is 1. The molecule has 7 nitrogen and oxygen atoms in total. The fraction of sp³-hybridized carbons (Fsp3) is 0.333. The van der Waals surface area contributed by atoms with Crippen LogP contribution in [0.25, 0.3) is 0 Å². The third-order valence-corrected chi connectivity index (χ3v) is 2.32. The number of guanidine groups is 1. The highest BCUT2D eigenvalue weighted by Gasteiger charge is 2.09. The summed E-state index contributed by atoms with van der Waals surface area (Å²) in [4.78, 5) is 10.3. The second-order valence-corrected chi connectivity index (χ2v) is 3.83. The van der Waals surface area contributed by atoms with Crippen molar-refractivity contribution in [1.29, 1.82) is 0 Å². The van der Waals surface area contributed by atoms with Gasteiger partial charge in [-0.15, -0.1) is 0 Å². The molecule has 0 aromatic heterocycles. The molecule has 1 rings (SSSR count). The number of rotatable bonds is 6. The van der Waals surface area contributed by atoms with Crippen LogP contribution in [0.15, 0.2) is 40.5 Å². The highest BCUT2D eigenvalue weighted by Crippen LogP contribution is 1.99. The number of nitrogens with two attached hydrogens (primary N) is 1. The maximum atomic E-state index is 10.3. The summed E-state index contributed by atoms with van der Waals surface area (Å²) in [5.41, 5.74) is 6.43. The van der Waals surface area contributed by atoms with Crippen molar-refractivity contribution < 1.29 is 5.03 Å². The van der Waals surface area contributed by atoms with E-state index in [1.54, 1.807) is 6.21 Å². The molecular weight excluding hydrogens is 246 g/mol. The Labute approximate surface area is 111 Å². The lowest BCUT2D eigenvalue weighted by atomic mass is 10.2. The van der Waals surface area contributed by atoms with Gasteiger partial charge in [0.1, 0.15) is 5.10 Å². The van der Waals surface area contributed by atoms with Crippen molar-refractivity contribution in [3.05, 3.63) is 46.0 Å². The number of nitrogens with zero attached hydrogens (tertiary/aromatic N) is 4. The van der Waals surface area contributed by atoms with Crippen molar-refractivity contribution in [2.45, 2.75) is 19.8 Å². The molecule has 0 radical (unpaired) electrons. The van der Waals surface area contributed by atoms with Gasteiger partial charge in [0.05, 0.1) is 6.21 Å². The minimum Gasteiger partial charge on any atom is -0.363 e. The smallest absolute Gasteiger partial charge is 0.289 e. The molecule has 102 valence electrons. The van der Waals surface area contributed by atoms with Gasteiger partial charge in [-0.2, -0.15) is 5.10 Å². The lowest BCUT2D eigenvalue weighted by Crippen LogP contribution is -2.34. The van der Waals surface area contributed by atoms with E-state index in [-0.39, 0.29) is 5.96 Å². The van der Waals surface area contributed by atoms with Crippen molar-refractivity contribution in [1.82, 2.24) is 5.01 Å². The van der Waals surface area contributed by atoms with E-state index in [1.165, 1.54) is 5.01 Å². The SMILES string of the molecule is CCCCN(/N=C/c1ccccc1)/C(N)=N/[N+](=O)[O-]. The zero-order chi connectivity index (χ0) is 14.1. The topological polar surface area (TPSA) is 97.1 Å². The van der Waals surface area contributed by atoms with E-state index in [0.29, 0.717) is 6.54 Å². The summed E-state index contributed by atoms with van der Waals surface area (Å²) in [6, 6.07) is 9.41. The summed E-state index contributed by atoms with van der Waals surface area (Å²) in [5, 5.41) is 18.0. The Morgan fingerprint density at radius 2 is 2.16 bits per heavy atom. The first-order valence-electron chi connectivity index (χ1n) is 5.98. The van der Waals surface area contributed by atoms with Gasteiger partial charge in [-0.3, -0.25) is 0 Å². The molecule has 19 heavy (non-hydrogen) atoms. The molecule has 0 saturated heterocycles. The van der Waals surface area contributed by atoms with Gasteiger partial charge in [-0.1, -0.05) is 43.7 Å².